The van der Waals surface area contributed by atoms with Crippen LogP contribution in [-0.2, 0) is 8.87 Å². The Morgan fingerprint density at radius 2 is 1.87 bits per heavy atom. The van der Waals surface area contributed by atoms with Gasteiger partial charge in [0, 0.05) is 22.7 Å². The van der Waals surface area contributed by atoms with Crippen LogP contribution in [0.2, 0.25) is 0 Å². The van der Waals surface area contributed by atoms with E-state index in [1.54, 1.807) is 11.8 Å². The van der Waals surface area contributed by atoms with Crippen molar-refractivity contribution in [3.05, 3.63) is 29.8 Å². The third kappa shape index (κ3) is 5.49. The van der Waals surface area contributed by atoms with Gasteiger partial charge >= 0.3 is 0 Å². The molecule has 0 N–H and O–H groups in total. The van der Waals surface area contributed by atoms with Crippen molar-refractivity contribution in [1.82, 2.24) is 0 Å². The van der Waals surface area contributed by atoms with Crippen molar-refractivity contribution in [1.29, 1.82) is 0 Å². The van der Waals surface area contributed by atoms with E-state index in [0.29, 0.717) is 5.75 Å². The highest BCUT2D eigenvalue weighted by molar-refractivity contribution is 8.71. The first kappa shape index (κ1) is 12.9. The van der Waals surface area contributed by atoms with E-state index >= 15 is 0 Å². The van der Waals surface area contributed by atoms with Crippen molar-refractivity contribution in [3.63, 3.8) is 0 Å². The largest absolute Gasteiger partial charge is 0.218 e. The lowest BCUT2D eigenvalue weighted by molar-refractivity contribution is 0.615. The molecule has 0 bridgehead atoms. The minimum Gasteiger partial charge on any atom is -0.218 e. The Morgan fingerprint density at radius 3 is 2.47 bits per heavy atom. The van der Waals surface area contributed by atoms with E-state index in [-0.39, 0.29) is 0 Å². The number of aryl methyl sites for hydroxylation is 1. The minimum atomic E-state index is -2.89. The molecule has 0 amide bonds. The molecule has 0 saturated carbocycles. The SMILES string of the molecule is Cc1ccccc1SCCSS(C)(=O)=O. The van der Waals surface area contributed by atoms with Crippen LogP contribution < -0.4 is 0 Å². The van der Waals surface area contributed by atoms with Gasteiger partial charge in [-0.25, -0.2) is 8.42 Å². The Morgan fingerprint density at radius 1 is 1.20 bits per heavy atom. The summed E-state index contributed by atoms with van der Waals surface area (Å²) in [5, 5.41) is 0. The second-order valence-electron chi connectivity index (χ2n) is 3.14. The van der Waals surface area contributed by atoms with Crippen LogP contribution in [0.4, 0.5) is 0 Å². The molecule has 0 unspecified atom stereocenters. The maximum Gasteiger partial charge on any atom is 0.198 e. The summed E-state index contributed by atoms with van der Waals surface area (Å²) in [5.74, 6) is 1.46. The van der Waals surface area contributed by atoms with Gasteiger partial charge in [0.1, 0.15) is 0 Å². The predicted octanol–water partition coefficient (Wildman–Crippen LogP) is 2.78. The zero-order valence-electron chi connectivity index (χ0n) is 8.76. The van der Waals surface area contributed by atoms with E-state index in [0.717, 1.165) is 16.5 Å². The van der Waals surface area contributed by atoms with E-state index in [1.807, 2.05) is 12.1 Å². The molecule has 0 aromatic heterocycles. The van der Waals surface area contributed by atoms with Crippen LogP contribution in [0, 0.1) is 6.92 Å². The molecule has 0 radical (unpaired) electrons. The van der Waals surface area contributed by atoms with Crippen LogP contribution >= 0.6 is 22.6 Å². The summed E-state index contributed by atoms with van der Waals surface area (Å²) in [6, 6.07) is 8.13. The number of benzene rings is 1. The Labute approximate surface area is 99.2 Å². The van der Waals surface area contributed by atoms with E-state index < -0.39 is 8.87 Å². The molecule has 0 aliphatic carbocycles. The standard InChI is InChI=1S/C10H14O2S3/c1-9-5-3-4-6-10(9)13-7-8-14-15(2,11)12/h3-6H,7-8H2,1-2H3. The molecule has 0 heterocycles. The fourth-order valence-corrected chi connectivity index (χ4v) is 4.17. The molecule has 2 nitrogen and oxygen atoms in total. The molecule has 0 spiro atoms. The van der Waals surface area contributed by atoms with Gasteiger partial charge in [-0.15, -0.1) is 11.8 Å². The fourth-order valence-electron chi connectivity index (χ4n) is 1.06. The van der Waals surface area contributed by atoms with Crippen LogP contribution in [0.5, 0.6) is 0 Å². The average molecular weight is 262 g/mol. The summed E-state index contributed by atoms with van der Waals surface area (Å²) >= 11 is 1.70. The second-order valence-corrected chi connectivity index (χ2v) is 8.85. The summed E-state index contributed by atoms with van der Waals surface area (Å²) in [5.41, 5.74) is 1.24. The van der Waals surface area contributed by atoms with Crippen molar-refractivity contribution in [3.8, 4) is 0 Å². The van der Waals surface area contributed by atoms with Crippen LogP contribution in [-0.4, -0.2) is 26.2 Å². The van der Waals surface area contributed by atoms with Gasteiger partial charge in [0.15, 0.2) is 8.87 Å². The molecule has 0 aliphatic heterocycles. The lowest BCUT2D eigenvalue weighted by Crippen LogP contribution is -1.93. The summed E-state index contributed by atoms with van der Waals surface area (Å²) in [4.78, 5) is 1.23. The van der Waals surface area contributed by atoms with Gasteiger partial charge in [0.05, 0.1) is 0 Å². The maximum absolute atomic E-state index is 10.9. The lowest BCUT2D eigenvalue weighted by Gasteiger charge is -2.03. The first-order valence-corrected chi connectivity index (χ1v) is 8.90. The number of hydrogen-bond donors (Lipinski definition) is 0. The number of thioether (sulfide) groups is 1. The van der Waals surface area contributed by atoms with Gasteiger partial charge in [-0.1, -0.05) is 18.2 Å². The van der Waals surface area contributed by atoms with Crippen molar-refractivity contribution >= 4 is 31.4 Å². The van der Waals surface area contributed by atoms with Crippen molar-refractivity contribution in [2.75, 3.05) is 17.8 Å². The van der Waals surface area contributed by atoms with E-state index in [1.165, 1.54) is 16.7 Å². The highest BCUT2D eigenvalue weighted by Gasteiger charge is 2.03. The quantitative estimate of drug-likeness (QED) is 0.464. The highest BCUT2D eigenvalue weighted by Crippen LogP contribution is 2.23. The topological polar surface area (TPSA) is 34.1 Å². The van der Waals surface area contributed by atoms with Crippen LogP contribution in [0.1, 0.15) is 5.56 Å². The third-order valence-electron chi connectivity index (χ3n) is 1.73. The van der Waals surface area contributed by atoms with Gasteiger partial charge in [-0.3, -0.25) is 0 Å². The Bertz CT molecular complexity index is 412. The molecule has 0 atom stereocenters. The molecule has 1 rings (SSSR count). The zero-order chi connectivity index (χ0) is 11.3. The van der Waals surface area contributed by atoms with E-state index in [2.05, 4.69) is 19.1 Å². The molecule has 0 saturated heterocycles. The smallest absolute Gasteiger partial charge is 0.198 e. The molecular formula is C10H14O2S3. The second kappa shape index (κ2) is 5.82. The fraction of sp³-hybridized carbons (Fsp3) is 0.400. The molecule has 1 aromatic carbocycles. The molecular weight excluding hydrogens is 248 g/mol. The van der Waals surface area contributed by atoms with Crippen molar-refractivity contribution < 1.29 is 8.42 Å². The third-order valence-corrected chi connectivity index (χ3v) is 5.75. The molecule has 5 heteroatoms. The summed E-state index contributed by atoms with van der Waals surface area (Å²) in [6.07, 6.45) is 1.25. The first-order chi connectivity index (χ1) is 6.99. The van der Waals surface area contributed by atoms with Crippen LogP contribution in [0.3, 0.4) is 0 Å². The zero-order valence-corrected chi connectivity index (χ0v) is 11.2. The average Bonchev–Trinajstić information content (AvgIpc) is 2.13. The van der Waals surface area contributed by atoms with Gasteiger partial charge in [-0.2, -0.15) is 0 Å². The molecule has 0 fully saturated rings. The van der Waals surface area contributed by atoms with Gasteiger partial charge in [0.2, 0.25) is 0 Å². The Kier molecular flexibility index (Phi) is 5.02. The predicted molar refractivity (Wildman–Crippen MR) is 69.2 cm³/mol. The van der Waals surface area contributed by atoms with Crippen LogP contribution in [0.15, 0.2) is 29.2 Å². The van der Waals surface area contributed by atoms with Gasteiger partial charge in [0.25, 0.3) is 0 Å². The molecule has 0 aliphatic rings. The Hall–Kier alpha value is -0.130. The summed E-state index contributed by atoms with van der Waals surface area (Å²) in [6.45, 7) is 2.06. The van der Waals surface area contributed by atoms with Crippen LogP contribution in [0.25, 0.3) is 0 Å². The molecule has 1 aromatic rings. The van der Waals surface area contributed by atoms with E-state index in [9.17, 15) is 8.42 Å². The lowest BCUT2D eigenvalue weighted by atomic mass is 10.2. The first-order valence-electron chi connectivity index (χ1n) is 4.52. The van der Waals surface area contributed by atoms with Gasteiger partial charge < -0.3 is 0 Å². The normalized spacial score (nSPS) is 11.6. The summed E-state index contributed by atoms with van der Waals surface area (Å²) < 4.78 is 21.7. The number of hydrogen-bond acceptors (Lipinski definition) is 4. The van der Waals surface area contributed by atoms with Gasteiger partial charge in [-0.05, 0) is 29.3 Å². The van der Waals surface area contributed by atoms with Crippen molar-refractivity contribution in [2.24, 2.45) is 0 Å². The molecule has 84 valence electrons. The number of rotatable bonds is 5. The van der Waals surface area contributed by atoms with Crippen molar-refractivity contribution in [2.45, 2.75) is 11.8 Å². The van der Waals surface area contributed by atoms with E-state index in [4.69, 9.17) is 0 Å². The minimum absolute atomic E-state index is 0.637. The summed E-state index contributed by atoms with van der Waals surface area (Å²) in [7, 11) is -1.88. The highest BCUT2D eigenvalue weighted by atomic mass is 33.1. The monoisotopic (exact) mass is 262 g/mol. The molecule has 15 heavy (non-hydrogen) atoms. The Balaban J connectivity index is 2.36. The maximum atomic E-state index is 10.9.